The van der Waals surface area contributed by atoms with Crippen LogP contribution in [0.1, 0.15) is 9.88 Å². The lowest BCUT2D eigenvalue weighted by Crippen LogP contribution is -2.18. The van der Waals surface area contributed by atoms with Crippen molar-refractivity contribution in [1.29, 1.82) is 0 Å². The fraction of sp³-hybridized carbons (Fsp3) is 0.357. The molecule has 0 saturated carbocycles. The van der Waals surface area contributed by atoms with Gasteiger partial charge in [-0.15, -0.1) is 11.3 Å². The summed E-state index contributed by atoms with van der Waals surface area (Å²) in [6, 6.07) is 6.57. The van der Waals surface area contributed by atoms with Gasteiger partial charge in [0.05, 0.1) is 17.2 Å². The van der Waals surface area contributed by atoms with Crippen LogP contribution in [-0.2, 0) is 11.3 Å². The number of hydrogen-bond donors (Lipinski definition) is 1. The molecule has 0 fully saturated rings. The number of nitrogens with zero attached hydrogens (tertiary/aromatic N) is 2. The number of nitro groups is 1. The molecule has 21 heavy (non-hydrogen) atoms. The van der Waals surface area contributed by atoms with Gasteiger partial charge in [0.25, 0.3) is 5.69 Å². The lowest BCUT2D eigenvalue weighted by molar-refractivity contribution is -0.384. The number of methoxy groups -OCH3 is 1. The second kappa shape index (κ2) is 7.26. The van der Waals surface area contributed by atoms with Gasteiger partial charge >= 0.3 is 0 Å². The minimum atomic E-state index is -0.390. The zero-order valence-electron chi connectivity index (χ0n) is 12.0. The van der Waals surface area contributed by atoms with Gasteiger partial charge in [0.1, 0.15) is 5.01 Å². The maximum absolute atomic E-state index is 10.8. The first-order chi connectivity index (χ1) is 10.1. The molecule has 6 nitrogen and oxygen atoms in total. The predicted octanol–water partition coefficient (Wildman–Crippen LogP) is 2.76. The largest absolute Gasteiger partial charge is 0.383 e. The average molecular weight is 307 g/mol. The summed E-state index contributed by atoms with van der Waals surface area (Å²) in [7, 11) is 1.66. The van der Waals surface area contributed by atoms with Crippen molar-refractivity contribution in [3.8, 4) is 11.3 Å². The van der Waals surface area contributed by atoms with E-state index in [0.717, 1.165) is 27.7 Å². The highest BCUT2D eigenvalue weighted by molar-refractivity contribution is 7.12. The molecule has 2 aromatic rings. The van der Waals surface area contributed by atoms with Crippen LogP contribution in [-0.4, -0.2) is 30.2 Å². The molecule has 0 aliphatic rings. The molecular formula is C14H17N3O3S. The molecule has 0 unspecified atom stereocenters. The second-order valence-corrected chi connectivity index (χ2v) is 5.78. The highest BCUT2D eigenvalue weighted by atomic mass is 32.1. The standard InChI is InChI=1S/C14H17N3O3S/c1-10-14(11-4-3-5-12(8-11)17(18)19)16-13(21-10)9-15-6-7-20-2/h3-5,8,15H,6-7,9H2,1-2H3. The van der Waals surface area contributed by atoms with Crippen LogP contribution < -0.4 is 5.32 Å². The van der Waals surface area contributed by atoms with Crippen molar-refractivity contribution in [1.82, 2.24) is 10.3 Å². The van der Waals surface area contributed by atoms with Crippen LogP contribution in [0.25, 0.3) is 11.3 Å². The minimum absolute atomic E-state index is 0.0830. The molecule has 1 aromatic heterocycles. The third-order valence-electron chi connectivity index (χ3n) is 2.93. The zero-order chi connectivity index (χ0) is 15.2. The lowest BCUT2D eigenvalue weighted by atomic mass is 10.1. The molecule has 0 bridgehead atoms. The maximum atomic E-state index is 10.8. The Balaban J connectivity index is 2.15. The van der Waals surface area contributed by atoms with Gasteiger partial charge in [-0.2, -0.15) is 0 Å². The predicted molar refractivity (Wildman–Crippen MR) is 82.5 cm³/mol. The molecule has 2 rings (SSSR count). The zero-order valence-corrected chi connectivity index (χ0v) is 12.8. The Bertz CT molecular complexity index is 628. The Morgan fingerprint density at radius 3 is 3.00 bits per heavy atom. The Kier molecular flexibility index (Phi) is 5.38. The van der Waals surface area contributed by atoms with Crippen molar-refractivity contribution in [2.24, 2.45) is 0 Å². The topological polar surface area (TPSA) is 77.3 Å². The van der Waals surface area contributed by atoms with E-state index >= 15 is 0 Å². The van der Waals surface area contributed by atoms with Crippen molar-refractivity contribution in [2.75, 3.05) is 20.3 Å². The van der Waals surface area contributed by atoms with E-state index in [9.17, 15) is 10.1 Å². The van der Waals surface area contributed by atoms with Gasteiger partial charge in [0.15, 0.2) is 0 Å². The molecule has 0 atom stereocenters. The lowest BCUT2D eigenvalue weighted by Gasteiger charge is -2.00. The summed E-state index contributed by atoms with van der Waals surface area (Å²) < 4.78 is 4.97. The van der Waals surface area contributed by atoms with Crippen molar-refractivity contribution in [3.63, 3.8) is 0 Å². The fourth-order valence-corrected chi connectivity index (χ4v) is 2.86. The molecule has 1 heterocycles. The van der Waals surface area contributed by atoms with Gasteiger partial charge in [-0.05, 0) is 6.92 Å². The van der Waals surface area contributed by atoms with Crippen molar-refractivity contribution in [2.45, 2.75) is 13.5 Å². The number of rotatable bonds is 7. The number of hydrogen-bond acceptors (Lipinski definition) is 6. The van der Waals surface area contributed by atoms with E-state index in [1.54, 1.807) is 30.6 Å². The molecule has 1 aromatic carbocycles. The first-order valence-corrected chi connectivity index (χ1v) is 7.34. The molecule has 0 aliphatic heterocycles. The van der Waals surface area contributed by atoms with Crippen molar-refractivity contribution in [3.05, 3.63) is 44.3 Å². The van der Waals surface area contributed by atoms with E-state index in [2.05, 4.69) is 10.3 Å². The number of thiazole rings is 1. The third kappa shape index (κ3) is 4.07. The number of benzene rings is 1. The van der Waals surface area contributed by atoms with E-state index in [1.165, 1.54) is 6.07 Å². The van der Waals surface area contributed by atoms with Crippen LogP contribution in [0.15, 0.2) is 24.3 Å². The first-order valence-electron chi connectivity index (χ1n) is 6.52. The van der Waals surface area contributed by atoms with Gasteiger partial charge < -0.3 is 10.1 Å². The highest BCUT2D eigenvalue weighted by Crippen LogP contribution is 2.29. The number of nitro benzene ring substituents is 1. The van der Waals surface area contributed by atoms with Crippen molar-refractivity contribution >= 4 is 17.0 Å². The quantitative estimate of drug-likeness (QED) is 0.483. The molecule has 0 amide bonds. The molecule has 112 valence electrons. The van der Waals surface area contributed by atoms with E-state index in [1.807, 2.05) is 13.0 Å². The Hall–Kier alpha value is -1.83. The van der Waals surface area contributed by atoms with Gasteiger partial charge in [0, 0.05) is 42.8 Å². The Morgan fingerprint density at radius 1 is 1.48 bits per heavy atom. The summed E-state index contributed by atoms with van der Waals surface area (Å²) in [4.78, 5) is 16.1. The Labute approximate surface area is 126 Å². The molecule has 1 N–H and O–H groups in total. The average Bonchev–Trinajstić information content (AvgIpc) is 2.85. The van der Waals surface area contributed by atoms with E-state index in [4.69, 9.17) is 4.74 Å². The van der Waals surface area contributed by atoms with Crippen LogP contribution in [0.3, 0.4) is 0 Å². The smallest absolute Gasteiger partial charge is 0.270 e. The molecule has 0 saturated heterocycles. The monoisotopic (exact) mass is 307 g/mol. The van der Waals surface area contributed by atoms with Gasteiger partial charge in [0.2, 0.25) is 0 Å². The van der Waals surface area contributed by atoms with Crippen LogP contribution >= 0.6 is 11.3 Å². The third-order valence-corrected chi connectivity index (χ3v) is 3.90. The molecule has 0 aliphatic carbocycles. The van der Waals surface area contributed by atoms with Crippen molar-refractivity contribution < 1.29 is 9.66 Å². The van der Waals surface area contributed by atoms with Crippen LogP contribution in [0.2, 0.25) is 0 Å². The highest BCUT2D eigenvalue weighted by Gasteiger charge is 2.13. The normalized spacial score (nSPS) is 10.8. The van der Waals surface area contributed by atoms with Gasteiger partial charge in [-0.3, -0.25) is 10.1 Å². The minimum Gasteiger partial charge on any atom is -0.383 e. The number of aryl methyl sites for hydroxylation is 1. The molecule has 0 radical (unpaired) electrons. The number of aromatic nitrogens is 1. The first kappa shape index (κ1) is 15.6. The summed E-state index contributed by atoms with van der Waals surface area (Å²) in [5, 5.41) is 15.0. The SMILES string of the molecule is COCCNCc1nc(-c2cccc([N+](=O)[O-])c2)c(C)s1. The molecular weight excluding hydrogens is 290 g/mol. The summed E-state index contributed by atoms with van der Waals surface area (Å²) in [6.07, 6.45) is 0. The van der Waals surface area contributed by atoms with Crippen LogP contribution in [0.4, 0.5) is 5.69 Å². The summed E-state index contributed by atoms with van der Waals surface area (Å²) >= 11 is 1.60. The molecule has 0 spiro atoms. The molecule has 7 heteroatoms. The second-order valence-electron chi connectivity index (χ2n) is 4.49. The summed E-state index contributed by atoms with van der Waals surface area (Å²) in [6.45, 7) is 4.07. The summed E-state index contributed by atoms with van der Waals surface area (Å²) in [5.74, 6) is 0. The summed E-state index contributed by atoms with van der Waals surface area (Å²) in [5.41, 5.74) is 1.67. The van der Waals surface area contributed by atoms with E-state index < -0.39 is 4.92 Å². The van der Waals surface area contributed by atoms with E-state index in [-0.39, 0.29) is 5.69 Å². The van der Waals surface area contributed by atoms with Gasteiger partial charge in [-0.25, -0.2) is 4.98 Å². The van der Waals surface area contributed by atoms with Crippen LogP contribution in [0, 0.1) is 17.0 Å². The fourth-order valence-electron chi connectivity index (χ4n) is 1.93. The van der Waals surface area contributed by atoms with Crippen LogP contribution in [0.5, 0.6) is 0 Å². The number of non-ortho nitro benzene ring substituents is 1. The number of ether oxygens (including phenoxy) is 1. The Morgan fingerprint density at radius 2 is 2.29 bits per heavy atom. The maximum Gasteiger partial charge on any atom is 0.270 e. The number of nitrogens with one attached hydrogen (secondary N) is 1. The van der Waals surface area contributed by atoms with Gasteiger partial charge in [-0.1, -0.05) is 12.1 Å². The van der Waals surface area contributed by atoms with E-state index in [0.29, 0.717) is 13.2 Å².